The third-order valence-electron chi connectivity index (χ3n) is 5.33. The fraction of sp³-hybridized carbons (Fsp3) is 0.417. The second-order valence-electron chi connectivity index (χ2n) is 8.11. The zero-order valence-electron chi connectivity index (χ0n) is 19.8. The van der Waals surface area contributed by atoms with Gasteiger partial charge in [0.2, 0.25) is 21.8 Å². The molecule has 1 atom stereocenters. The second kappa shape index (κ2) is 12.4. The highest BCUT2D eigenvalue weighted by Crippen LogP contribution is 2.24. The van der Waals surface area contributed by atoms with Crippen LogP contribution in [0.3, 0.4) is 0 Å². The Morgan fingerprint density at radius 1 is 1.06 bits per heavy atom. The smallest absolute Gasteiger partial charge is 0.242 e. The summed E-state index contributed by atoms with van der Waals surface area (Å²) in [4.78, 5) is 27.1. The summed E-state index contributed by atoms with van der Waals surface area (Å²) < 4.78 is 26.0. The lowest BCUT2D eigenvalue weighted by molar-refractivity contribution is -0.140. The number of aryl methyl sites for hydroxylation is 1. The first kappa shape index (κ1) is 28.0. The summed E-state index contributed by atoms with van der Waals surface area (Å²) in [6, 6.07) is 11.5. The Labute approximate surface area is 212 Å². The summed E-state index contributed by atoms with van der Waals surface area (Å²) in [5.41, 5.74) is 2.30. The molecule has 0 saturated carbocycles. The summed E-state index contributed by atoms with van der Waals surface area (Å²) >= 11 is 12.1. The number of hydrogen-bond donors (Lipinski definition) is 1. The first-order valence-electron chi connectivity index (χ1n) is 11.0. The number of amides is 2. The van der Waals surface area contributed by atoms with Gasteiger partial charge < -0.3 is 10.2 Å². The van der Waals surface area contributed by atoms with Crippen LogP contribution < -0.4 is 9.62 Å². The van der Waals surface area contributed by atoms with E-state index in [1.54, 1.807) is 44.2 Å². The maximum Gasteiger partial charge on any atom is 0.242 e. The van der Waals surface area contributed by atoms with Gasteiger partial charge in [-0.2, -0.15) is 0 Å². The Balaban J connectivity index is 2.17. The first-order chi connectivity index (χ1) is 15.9. The van der Waals surface area contributed by atoms with Gasteiger partial charge in [0, 0.05) is 26.1 Å². The van der Waals surface area contributed by atoms with E-state index < -0.39 is 16.1 Å². The summed E-state index contributed by atoms with van der Waals surface area (Å²) in [5, 5.41) is 3.50. The molecule has 0 radical (unpaired) electrons. The van der Waals surface area contributed by atoms with Crippen LogP contribution in [0, 0.1) is 6.92 Å². The van der Waals surface area contributed by atoms with Crippen molar-refractivity contribution in [3.63, 3.8) is 0 Å². The number of benzene rings is 2. The highest BCUT2D eigenvalue weighted by molar-refractivity contribution is 7.92. The van der Waals surface area contributed by atoms with E-state index in [-0.39, 0.29) is 31.3 Å². The van der Waals surface area contributed by atoms with E-state index in [1.165, 1.54) is 9.21 Å². The molecule has 0 heterocycles. The predicted molar refractivity (Wildman–Crippen MR) is 138 cm³/mol. The molecule has 2 aromatic rings. The molecule has 0 aliphatic heterocycles. The van der Waals surface area contributed by atoms with Crippen molar-refractivity contribution in [3.8, 4) is 0 Å². The van der Waals surface area contributed by atoms with Gasteiger partial charge >= 0.3 is 0 Å². The van der Waals surface area contributed by atoms with Gasteiger partial charge in [0.25, 0.3) is 0 Å². The Morgan fingerprint density at radius 2 is 1.71 bits per heavy atom. The van der Waals surface area contributed by atoms with Gasteiger partial charge in [0.05, 0.1) is 22.0 Å². The Hall–Kier alpha value is -2.29. The molecule has 0 aliphatic rings. The molecule has 0 fully saturated rings. The van der Waals surface area contributed by atoms with Crippen LogP contribution in [0.2, 0.25) is 10.0 Å². The fourth-order valence-corrected chi connectivity index (χ4v) is 4.74. The first-order valence-corrected chi connectivity index (χ1v) is 13.6. The van der Waals surface area contributed by atoms with Crippen molar-refractivity contribution in [2.24, 2.45) is 0 Å². The Morgan fingerprint density at radius 3 is 2.26 bits per heavy atom. The van der Waals surface area contributed by atoms with Gasteiger partial charge in [0.15, 0.2) is 0 Å². The van der Waals surface area contributed by atoms with Crippen LogP contribution in [-0.4, -0.2) is 50.5 Å². The highest BCUT2D eigenvalue weighted by Gasteiger charge is 2.26. The van der Waals surface area contributed by atoms with E-state index in [4.69, 9.17) is 23.2 Å². The standard InChI is InChI=1S/C24H31Cl2N3O4S/c1-5-27-24(31)18(3)28(16-19-10-13-21(25)22(26)15-19)23(30)7-6-14-29(34(4,32)33)20-11-8-17(2)9-12-20/h8-13,15,18H,5-7,14,16H2,1-4H3,(H,27,31)/t18-/m0/s1. The molecule has 0 saturated heterocycles. The quantitative estimate of drug-likeness (QED) is 0.469. The normalized spacial score (nSPS) is 12.2. The molecule has 0 aromatic heterocycles. The van der Waals surface area contributed by atoms with Crippen molar-refractivity contribution in [2.75, 3.05) is 23.7 Å². The number of carbonyl (C=O) groups is 2. The van der Waals surface area contributed by atoms with Crippen molar-refractivity contribution >= 4 is 50.7 Å². The van der Waals surface area contributed by atoms with Crippen molar-refractivity contribution < 1.29 is 18.0 Å². The van der Waals surface area contributed by atoms with Crippen LogP contribution in [0.5, 0.6) is 0 Å². The summed E-state index contributed by atoms with van der Waals surface area (Å²) in [6.07, 6.45) is 1.51. The molecule has 2 rings (SSSR count). The lowest BCUT2D eigenvalue weighted by Gasteiger charge is -2.29. The monoisotopic (exact) mass is 527 g/mol. The zero-order valence-corrected chi connectivity index (χ0v) is 22.2. The van der Waals surface area contributed by atoms with Gasteiger partial charge in [-0.15, -0.1) is 0 Å². The van der Waals surface area contributed by atoms with E-state index in [0.717, 1.165) is 17.4 Å². The summed E-state index contributed by atoms with van der Waals surface area (Å²) in [6.45, 7) is 6.14. The van der Waals surface area contributed by atoms with Crippen molar-refractivity contribution in [1.82, 2.24) is 10.2 Å². The molecule has 1 N–H and O–H groups in total. The maximum absolute atomic E-state index is 13.2. The van der Waals surface area contributed by atoms with Crippen LogP contribution in [0.4, 0.5) is 5.69 Å². The van der Waals surface area contributed by atoms with Crippen LogP contribution in [0.25, 0.3) is 0 Å². The van der Waals surface area contributed by atoms with Crippen LogP contribution >= 0.6 is 23.2 Å². The predicted octanol–water partition coefficient (Wildman–Crippen LogP) is 4.40. The minimum Gasteiger partial charge on any atom is -0.355 e. The van der Waals surface area contributed by atoms with E-state index >= 15 is 0 Å². The van der Waals surface area contributed by atoms with Crippen LogP contribution in [0.15, 0.2) is 42.5 Å². The largest absolute Gasteiger partial charge is 0.355 e. The average Bonchev–Trinajstić information content (AvgIpc) is 2.77. The van der Waals surface area contributed by atoms with Crippen molar-refractivity contribution in [3.05, 3.63) is 63.6 Å². The number of halogens is 2. The molecular formula is C24H31Cl2N3O4S. The van der Waals surface area contributed by atoms with Gasteiger partial charge in [-0.05, 0) is 57.0 Å². The van der Waals surface area contributed by atoms with E-state index in [9.17, 15) is 18.0 Å². The highest BCUT2D eigenvalue weighted by atomic mass is 35.5. The molecule has 10 heteroatoms. The molecule has 2 aromatic carbocycles. The molecule has 186 valence electrons. The topological polar surface area (TPSA) is 86.8 Å². The minimum absolute atomic E-state index is 0.0724. The molecule has 34 heavy (non-hydrogen) atoms. The molecule has 2 amide bonds. The number of rotatable bonds is 11. The molecule has 0 aliphatic carbocycles. The van der Waals surface area contributed by atoms with Gasteiger partial charge in [-0.25, -0.2) is 8.42 Å². The SMILES string of the molecule is CCNC(=O)[C@H](C)N(Cc1ccc(Cl)c(Cl)c1)C(=O)CCCN(c1ccc(C)cc1)S(C)(=O)=O. The summed E-state index contributed by atoms with van der Waals surface area (Å²) in [7, 11) is -3.53. The van der Waals surface area contributed by atoms with Gasteiger partial charge in [0.1, 0.15) is 6.04 Å². The molecule has 0 spiro atoms. The number of anilines is 1. The third kappa shape index (κ3) is 7.89. The second-order valence-corrected chi connectivity index (χ2v) is 10.8. The fourth-order valence-electron chi connectivity index (χ4n) is 3.45. The maximum atomic E-state index is 13.2. The number of sulfonamides is 1. The number of hydrogen-bond acceptors (Lipinski definition) is 4. The molecule has 7 nitrogen and oxygen atoms in total. The van der Waals surface area contributed by atoms with Crippen LogP contribution in [0.1, 0.15) is 37.8 Å². The number of likely N-dealkylation sites (N-methyl/N-ethyl adjacent to an activating group) is 1. The number of carbonyl (C=O) groups excluding carboxylic acids is 2. The molecule has 0 bridgehead atoms. The van der Waals surface area contributed by atoms with Crippen LogP contribution in [-0.2, 0) is 26.2 Å². The van der Waals surface area contributed by atoms with Crippen molar-refractivity contribution in [2.45, 2.75) is 46.2 Å². The minimum atomic E-state index is -3.53. The average molecular weight is 529 g/mol. The lowest BCUT2D eigenvalue weighted by Crippen LogP contribution is -2.47. The summed E-state index contributed by atoms with van der Waals surface area (Å²) in [5.74, 6) is -0.532. The van der Waals surface area contributed by atoms with Gasteiger partial charge in [-0.1, -0.05) is 47.0 Å². The third-order valence-corrected chi connectivity index (χ3v) is 7.26. The Kier molecular flexibility index (Phi) is 10.2. The van der Waals surface area contributed by atoms with Gasteiger partial charge in [-0.3, -0.25) is 13.9 Å². The van der Waals surface area contributed by atoms with Crippen molar-refractivity contribution in [1.29, 1.82) is 0 Å². The van der Waals surface area contributed by atoms with E-state index in [1.807, 2.05) is 19.1 Å². The Bertz CT molecular complexity index is 1110. The van der Waals surface area contributed by atoms with E-state index in [0.29, 0.717) is 28.7 Å². The molecular weight excluding hydrogens is 497 g/mol. The van der Waals surface area contributed by atoms with E-state index in [2.05, 4.69) is 5.32 Å². The number of nitrogens with one attached hydrogen (secondary N) is 1. The molecule has 0 unspecified atom stereocenters. The zero-order chi connectivity index (χ0) is 25.5. The lowest BCUT2D eigenvalue weighted by atomic mass is 10.1. The number of nitrogens with zero attached hydrogens (tertiary/aromatic N) is 2.